The Morgan fingerprint density at radius 1 is 1.17 bits per heavy atom. The average Bonchev–Trinajstić information content (AvgIpc) is 3.19. The summed E-state index contributed by atoms with van der Waals surface area (Å²) < 4.78 is 7.49. The first kappa shape index (κ1) is 25.8. The number of hydrogen-bond acceptors (Lipinski definition) is 5. The number of carbonyl (C=O) groups excluding carboxylic acids is 1. The van der Waals surface area contributed by atoms with Gasteiger partial charge in [-0.1, -0.05) is 51.1 Å². The van der Waals surface area contributed by atoms with Crippen molar-refractivity contribution >= 4 is 23.3 Å². The Kier molecular flexibility index (Phi) is 8.58. The van der Waals surface area contributed by atoms with Crippen LogP contribution in [0.5, 0.6) is 5.75 Å². The highest BCUT2D eigenvalue weighted by molar-refractivity contribution is 6.36. The lowest BCUT2D eigenvalue weighted by molar-refractivity contribution is 0.0936. The minimum absolute atomic E-state index is 0.223. The zero-order valence-corrected chi connectivity index (χ0v) is 22.3. The number of hydrogen-bond donors (Lipinski definition) is 2. The molecule has 0 spiro atoms. The summed E-state index contributed by atoms with van der Waals surface area (Å²) in [6, 6.07) is 2.34. The van der Waals surface area contributed by atoms with Gasteiger partial charge >= 0.3 is 0 Å². The number of amides is 1. The Labute approximate surface area is 214 Å². The lowest BCUT2D eigenvalue weighted by Crippen LogP contribution is -2.31. The molecule has 8 heteroatoms. The molecule has 0 bridgehead atoms. The number of halogens is 1. The largest absolute Gasteiger partial charge is 0.496 e. The van der Waals surface area contributed by atoms with Gasteiger partial charge in [0.25, 0.3) is 5.91 Å². The van der Waals surface area contributed by atoms with E-state index in [0.29, 0.717) is 41.5 Å². The van der Waals surface area contributed by atoms with Crippen LogP contribution in [0.15, 0.2) is 12.3 Å². The molecule has 2 aliphatic carbocycles. The van der Waals surface area contributed by atoms with Crippen LogP contribution in [0.2, 0.25) is 5.02 Å². The van der Waals surface area contributed by atoms with Gasteiger partial charge in [0.2, 0.25) is 0 Å². The van der Waals surface area contributed by atoms with E-state index in [4.69, 9.17) is 16.3 Å². The Hall–Kier alpha value is -2.28. The SMILES string of the molecule is CCn1nc(C(=O)NCC2CCC(C)CC2)c(Cl)c1-c1cnc(NC2CCCC(C)C2)cc1OC. The van der Waals surface area contributed by atoms with E-state index in [-0.39, 0.29) is 11.6 Å². The molecule has 0 saturated heterocycles. The van der Waals surface area contributed by atoms with Gasteiger partial charge in [-0.2, -0.15) is 5.10 Å². The van der Waals surface area contributed by atoms with Gasteiger partial charge in [-0.25, -0.2) is 4.98 Å². The number of carbonyl (C=O) groups is 1. The van der Waals surface area contributed by atoms with Gasteiger partial charge in [0.1, 0.15) is 11.6 Å². The number of methoxy groups -OCH3 is 1. The van der Waals surface area contributed by atoms with Crippen LogP contribution in [0.3, 0.4) is 0 Å². The smallest absolute Gasteiger partial charge is 0.273 e. The highest BCUT2D eigenvalue weighted by Crippen LogP contribution is 2.38. The standard InChI is InChI=1S/C27H40ClN5O2/c1-5-33-26(24(28)25(32-33)27(34)30-15-19-11-9-17(2)10-12-19)21-16-29-23(14-22(21)35-4)31-20-8-6-7-18(3)13-20/h14,16-20H,5-13,15H2,1-4H3,(H,29,31)(H,30,34). The monoisotopic (exact) mass is 501 g/mol. The molecule has 2 heterocycles. The summed E-state index contributed by atoms with van der Waals surface area (Å²) >= 11 is 6.78. The van der Waals surface area contributed by atoms with E-state index in [0.717, 1.165) is 48.9 Å². The molecule has 2 unspecified atom stereocenters. The Morgan fingerprint density at radius 2 is 1.94 bits per heavy atom. The summed E-state index contributed by atoms with van der Waals surface area (Å²) in [6.45, 7) is 7.84. The third-order valence-electron chi connectivity index (χ3n) is 7.73. The lowest BCUT2D eigenvalue weighted by atomic mass is 9.83. The first-order valence-electron chi connectivity index (χ1n) is 13.2. The van der Waals surface area contributed by atoms with Crippen molar-refractivity contribution in [2.24, 2.45) is 17.8 Å². The molecule has 2 fully saturated rings. The van der Waals surface area contributed by atoms with E-state index in [1.54, 1.807) is 18.0 Å². The number of pyridine rings is 1. The summed E-state index contributed by atoms with van der Waals surface area (Å²) in [5, 5.41) is 11.5. The van der Waals surface area contributed by atoms with Crippen LogP contribution in [-0.4, -0.2) is 40.4 Å². The van der Waals surface area contributed by atoms with E-state index >= 15 is 0 Å². The number of anilines is 1. The van der Waals surface area contributed by atoms with E-state index in [1.807, 2.05) is 13.0 Å². The zero-order chi connectivity index (χ0) is 24.9. The van der Waals surface area contributed by atoms with E-state index in [9.17, 15) is 4.79 Å². The second-order valence-corrected chi connectivity index (χ2v) is 10.9. The van der Waals surface area contributed by atoms with Crippen molar-refractivity contribution in [3.8, 4) is 17.0 Å². The van der Waals surface area contributed by atoms with Gasteiger partial charge in [-0.15, -0.1) is 0 Å². The number of rotatable bonds is 8. The molecular weight excluding hydrogens is 462 g/mol. The highest BCUT2D eigenvalue weighted by Gasteiger charge is 2.26. The summed E-state index contributed by atoms with van der Waals surface area (Å²) in [7, 11) is 1.64. The van der Waals surface area contributed by atoms with Crippen molar-refractivity contribution in [3.63, 3.8) is 0 Å². The average molecular weight is 502 g/mol. The van der Waals surface area contributed by atoms with Crippen molar-refractivity contribution < 1.29 is 9.53 Å². The second kappa shape index (κ2) is 11.6. The van der Waals surface area contributed by atoms with Crippen LogP contribution in [0.25, 0.3) is 11.3 Å². The second-order valence-electron chi connectivity index (χ2n) is 10.5. The zero-order valence-electron chi connectivity index (χ0n) is 21.6. The van der Waals surface area contributed by atoms with Crippen LogP contribution in [0.4, 0.5) is 5.82 Å². The molecule has 2 aromatic heterocycles. The van der Waals surface area contributed by atoms with Crippen LogP contribution in [0.1, 0.15) is 82.6 Å². The summed E-state index contributed by atoms with van der Waals surface area (Å²) in [6.07, 6.45) is 11.4. The molecule has 7 nitrogen and oxygen atoms in total. The van der Waals surface area contributed by atoms with Gasteiger partial charge in [0.05, 0.1) is 23.4 Å². The third kappa shape index (κ3) is 6.11. The van der Waals surface area contributed by atoms with E-state index < -0.39 is 0 Å². The van der Waals surface area contributed by atoms with Gasteiger partial charge in [0, 0.05) is 31.4 Å². The van der Waals surface area contributed by atoms with Crippen molar-refractivity contribution in [2.75, 3.05) is 19.0 Å². The molecule has 2 aromatic rings. The maximum absolute atomic E-state index is 13.0. The van der Waals surface area contributed by atoms with Crippen molar-refractivity contribution in [3.05, 3.63) is 23.0 Å². The first-order chi connectivity index (χ1) is 16.9. The number of aromatic nitrogens is 3. The predicted octanol–water partition coefficient (Wildman–Crippen LogP) is 6.17. The molecule has 2 aliphatic rings. The van der Waals surface area contributed by atoms with Crippen molar-refractivity contribution in [1.82, 2.24) is 20.1 Å². The lowest BCUT2D eigenvalue weighted by Gasteiger charge is -2.28. The minimum atomic E-state index is -0.223. The molecule has 35 heavy (non-hydrogen) atoms. The van der Waals surface area contributed by atoms with Gasteiger partial charge in [-0.05, 0) is 50.4 Å². The van der Waals surface area contributed by atoms with E-state index in [2.05, 4.69) is 34.6 Å². The Bertz CT molecular complexity index is 1020. The normalized spacial score (nSPS) is 24.7. The van der Waals surface area contributed by atoms with Gasteiger partial charge in [-0.3, -0.25) is 9.48 Å². The van der Waals surface area contributed by atoms with Crippen LogP contribution < -0.4 is 15.4 Å². The molecule has 192 valence electrons. The highest BCUT2D eigenvalue weighted by atomic mass is 35.5. The summed E-state index contributed by atoms with van der Waals surface area (Å²) in [5.74, 6) is 3.27. The van der Waals surface area contributed by atoms with E-state index in [1.165, 1.54) is 25.7 Å². The van der Waals surface area contributed by atoms with Crippen LogP contribution in [-0.2, 0) is 6.54 Å². The number of aryl methyl sites for hydroxylation is 1. The summed E-state index contributed by atoms with van der Waals surface area (Å²) in [5.41, 5.74) is 1.65. The quantitative estimate of drug-likeness (QED) is 0.451. The van der Waals surface area contributed by atoms with Gasteiger partial charge < -0.3 is 15.4 Å². The minimum Gasteiger partial charge on any atom is -0.496 e. The molecule has 2 saturated carbocycles. The number of nitrogens with one attached hydrogen (secondary N) is 2. The third-order valence-corrected chi connectivity index (χ3v) is 8.08. The maximum Gasteiger partial charge on any atom is 0.273 e. The molecule has 0 aliphatic heterocycles. The van der Waals surface area contributed by atoms with Crippen LogP contribution >= 0.6 is 11.6 Å². The topological polar surface area (TPSA) is 81.1 Å². The molecule has 0 radical (unpaired) electrons. The molecular formula is C27H40ClN5O2. The summed E-state index contributed by atoms with van der Waals surface area (Å²) in [4.78, 5) is 17.7. The molecule has 1 amide bonds. The van der Waals surface area contributed by atoms with Crippen molar-refractivity contribution in [1.29, 1.82) is 0 Å². The fourth-order valence-electron chi connectivity index (χ4n) is 5.56. The predicted molar refractivity (Wildman–Crippen MR) is 141 cm³/mol. The van der Waals surface area contributed by atoms with Crippen molar-refractivity contribution in [2.45, 2.75) is 84.7 Å². The molecule has 2 atom stereocenters. The molecule has 2 N–H and O–H groups in total. The van der Waals surface area contributed by atoms with Crippen LogP contribution in [0, 0.1) is 17.8 Å². The fourth-order valence-corrected chi connectivity index (χ4v) is 5.89. The molecule has 4 rings (SSSR count). The maximum atomic E-state index is 13.0. The Balaban J connectivity index is 1.52. The molecule has 0 aromatic carbocycles. The number of ether oxygens (including phenoxy) is 1. The Morgan fingerprint density at radius 3 is 2.63 bits per heavy atom. The first-order valence-corrected chi connectivity index (χ1v) is 13.6. The fraction of sp³-hybridized carbons (Fsp3) is 0.667. The number of nitrogens with zero attached hydrogens (tertiary/aromatic N) is 3. The van der Waals surface area contributed by atoms with Gasteiger partial charge in [0.15, 0.2) is 5.69 Å².